The SMILES string of the molecule is CS(=O)(=O)c1ccc(Oc2ccc(CN3CCC(N(C(=O)Nc4ccc(F)c(C(N)=O)c4)c4ccccc4)CC3)cn2)cc1.Cl. The van der Waals surface area contributed by atoms with E-state index in [0.29, 0.717) is 18.2 Å². The number of para-hydroxylation sites is 1. The Kier molecular flexibility index (Phi) is 10.8. The highest BCUT2D eigenvalue weighted by Crippen LogP contribution is 2.27. The van der Waals surface area contributed by atoms with Gasteiger partial charge >= 0.3 is 6.03 Å². The smallest absolute Gasteiger partial charge is 0.326 e. The van der Waals surface area contributed by atoms with Crippen molar-refractivity contribution in [1.82, 2.24) is 9.88 Å². The fourth-order valence-electron chi connectivity index (χ4n) is 5.09. The van der Waals surface area contributed by atoms with Crippen molar-refractivity contribution in [3.05, 3.63) is 108 Å². The summed E-state index contributed by atoms with van der Waals surface area (Å²) in [5.74, 6) is -0.779. The number of carbonyl (C=O) groups excluding carboxylic acids is 2. The van der Waals surface area contributed by atoms with Gasteiger partial charge in [0.2, 0.25) is 5.88 Å². The fourth-order valence-corrected chi connectivity index (χ4v) is 5.72. The molecule has 1 fully saturated rings. The number of carbonyl (C=O) groups is 2. The average molecular weight is 654 g/mol. The zero-order valence-electron chi connectivity index (χ0n) is 24.4. The van der Waals surface area contributed by atoms with E-state index in [1.54, 1.807) is 29.3 Å². The number of halogens is 2. The number of pyridine rings is 1. The molecule has 1 aliphatic heterocycles. The fraction of sp³-hybridized carbons (Fsp3) is 0.219. The molecule has 1 aromatic heterocycles. The van der Waals surface area contributed by atoms with Gasteiger partial charge < -0.3 is 15.8 Å². The zero-order chi connectivity index (χ0) is 31.3. The first-order valence-corrected chi connectivity index (χ1v) is 15.9. The number of piperidine rings is 1. The number of anilines is 2. The summed E-state index contributed by atoms with van der Waals surface area (Å²) in [5, 5.41) is 2.80. The van der Waals surface area contributed by atoms with Crippen LogP contribution in [0.5, 0.6) is 11.6 Å². The lowest BCUT2D eigenvalue weighted by molar-refractivity contribution is 0.0996. The van der Waals surface area contributed by atoms with E-state index < -0.39 is 21.6 Å². The predicted molar refractivity (Wildman–Crippen MR) is 172 cm³/mol. The molecule has 4 aromatic rings. The molecule has 3 N–H and O–H groups in total. The van der Waals surface area contributed by atoms with Crippen LogP contribution >= 0.6 is 12.4 Å². The van der Waals surface area contributed by atoms with E-state index in [1.807, 2.05) is 36.4 Å². The maximum Gasteiger partial charge on any atom is 0.326 e. The van der Waals surface area contributed by atoms with Crippen molar-refractivity contribution in [2.24, 2.45) is 5.73 Å². The Balaban J connectivity index is 0.00000461. The van der Waals surface area contributed by atoms with Gasteiger partial charge in [0.05, 0.1) is 10.5 Å². The summed E-state index contributed by atoms with van der Waals surface area (Å²) in [6, 6.07) is 22.5. The van der Waals surface area contributed by atoms with E-state index in [2.05, 4.69) is 15.2 Å². The van der Waals surface area contributed by atoms with Crippen molar-refractivity contribution < 1.29 is 27.1 Å². The first kappa shape index (κ1) is 33.4. The van der Waals surface area contributed by atoms with Gasteiger partial charge in [0.1, 0.15) is 11.6 Å². The highest BCUT2D eigenvalue weighted by molar-refractivity contribution is 7.90. The molecule has 0 atom stereocenters. The minimum absolute atomic E-state index is 0. The molecular formula is C32H33ClFN5O5S. The molecule has 1 aliphatic rings. The molecule has 3 amide bonds. The molecule has 1 saturated heterocycles. The molecule has 0 saturated carbocycles. The lowest BCUT2D eigenvalue weighted by Crippen LogP contribution is -2.49. The third-order valence-corrected chi connectivity index (χ3v) is 8.47. The number of amides is 3. The number of hydrogen-bond acceptors (Lipinski definition) is 7. The second-order valence-electron chi connectivity index (χ2n) is 10.6. The van der Waals surface area contributed by atoms with E-state index in [-0.39, 0.29) is 40.6 Å². The van der Waals surface area contributed by atoms with Gasteiger partial charge in [0.25, 0.3) is 5.91 Å². The molecule has 3 aromatic carbocycles. The van der Waals surface area contributed by atoms with E-state index in [0.717, 1.165) is 49.5 Å². The first-order chi connectivity index (χ1) is 21.1. The summed E-state index contributed by atoms with van der Waals surface area (Å²) in [6.07, 6.45) is 4.34. The van der Waals surface area contributed by atoms with E-state index in [1.165, 1.54) is 24.3 Å². The zero-order valence-corrected chi connectivity index (χ0v) is 26.1. The number of benzene rings is 3. The van der Waals surface area contributed by atoms with Crippen molar-refractivity contribution in [2.45, 2.75) is 30.3 Å². The van der Waals surface area contributed by atoms with Crippen molar-refractivity contribution in [3.63, 3.8) is 0 Å². The Labute approximate surface area is 267 Å². The second-order valence-corrected chi connectivity index (χ2v) is 12.6. The van der Waals surface area contributed by atoms with Crippen LogP contribution in [0.1, 0.15) is 28.8 Å². The maximum atomic E-state index is 14.0. The molecular weight excluding hydrogens is 621 g/mol. The highest BCUT2D eigenvalue weighted by atomic mass is 35.5. The minimum atomic E-state index is -3.28. The van der Waals surface area contributed by atoms with Gasteiger partial charge in [-0.15, -0.1) is 12.4 Å². The number of likely N-dealkylation sites (tertiary alicyclic amines) is 1. The summed E-state index contributed by atoms with van der Waals surface area (Å²) < 4.78 is 43.0. The van der Waals surface area contributed by atoms with Crippen LogP contribution < -0.4 is 20.7 Å². The number of sulfone groups is 1. The molecule has 0 bridgehead atoms. The number of aromatic nitrogens is 1. The Morgan fingerprint density at radius 1 is 1.02 bits per heavy atom. The van der Waals surface area contributed by atoms with Gasteiger partial charge in [-0.1, -0.05) is 24.3 Å². The van der Waals surface area contributed by atoms with Crippen LogP contribution in [0.4, 0.5) is 20.6 Å². The summed E-state index contributed by atoms with van der Waals surface area (Å²) in [5.41, 5.74) is 6.98. The van der Waals surface area contributed by atoms with E-state index in [4.69, 9.17) is 10.5 Å². The molecule has 0 aliphatic carbocycles. The maximum absolute atomic E-state index is 14.0. The molecule has 10 nitrogen and oxygen atoms in total. The predicted octanol–water partition coefficient (Wildman–Crippen LogP) is 5.64. The monoisotopic (exact) mass is 653 g/mol. The van der Waals surface area contributed by atoms with Gasteiger partial charge in [-0.2, -0.15) is 0 Å². The quantitative estimate of drug-likeness (QED) is 0.239. The van der Waals surface area contributed by atoms with Crippen LogP contribution in [0.2, 0.25) is 0 Å². The number of ether oxygens (including phenoxy) is 1. The van der Waals surface area contributed by atoms with Crippen molar-refractivity contribution in [1.29, 1.82) is 0 Å². The molecule has 13 heteroatoms. The van der Waals surface area contributed by atoms with Gasteiger partial charge in [-0.3, -0.25) is 14.6 Å². The Morgan fingerprint density at radius 2 is 1.71 bits per heavy atom. The molecule has 0 radical (unpaired) electrons. The van der Waals surface area contributed by atoms with Crippen LogP contribution in [0.25, 0.3) is 0 Å². The van der Waals surface area contributed by atoms with Crippen LogP contribution in [-0.4, -0.2) is 55.6 Å². The lowest BCUT2D eigenvalue weighted by atomic mass is 10.0. The van der Waals surface area contributed by atoms with E-state index >= 15 is 0 Å². The average Bonchev–Trinajstić information content (AvgIpc) is 3.00. The number of urea groups is 1. The second kappa shape index (κ2) is 14.5. The van der Waals surface area contributed by atoms with Gasteiger partial charge in [-0.05, 0) is 73.0 Å². The lowest BCUT2D eigenvalue weighted by Gasteiger charge is -2.38. The Bertz CT molecular complexity index is 1730. The first-order valence-electron chi connectivity index (χ1n) is 14.0. The van der Waals surface area contributed by atoms with E-state index in [9.17, 15) is 22.4 Å². The molecule has 236 valence electrons. The van der Waals surface area contributed by atoms with Gasteiger partial charge in [-0.25, -0.2) is 22.6 Å². The number of hydrogen-bond donors (Lipinski definition) is 2. The van der Waals surface area contributed by atoms with Crippen molar-refractivity contribution in [2.75, 3.05) is 29.6 Å². The number of primary amides is 1. The van der Waals surface area contributed by atoms with Crippen LogP contribution in [0.3, 0.4) is 0 Å². The Hall–Kier alpha value is -4.52. The summed E-state index contributed by atoms with van der Waals surface area (Å²) >= 11 is 0. The van der Waals surface area contributed by atoms with Gasteiger partial charge in [0, 0.05) is 55.6 Å². The van der Waals surface area contributed by atoms with Crippen molar-refractivity contribution in [3.8, 4) is 11.6 Å². The van der Waals surface area contributed by atoms with Crippen LogP contribution in [-0.2, 0) is 16.4 Å². The van der Waals surface area contributed by atoms with Crippen LogP contribution in [0, 0.1) is 5.82 Å². The summed E-state index contributed by atoms with van der Waals surface area (Å²) in [4.78, 5) is 33.7. The number of nitrogens with one attached hydrogen (secondary N) is 1. The standard InChI is InChI=1S/C32H32FN5O5S.ClH/c1-44(41,42)27-11-9-26(10-12-27)43-30-14-7-22(20-35-30)21-37-17-15-25(16-18-37)38(24-5-3-2-4-6-24)32(40)36-23-8-13-29(33)28(19-23)31(34)39;/h2-14,19-20,25H,15-18,21H2,1H3,(H2,34,39)(H,36,40);1H. The van der Waals surface area contributed by atoms with Crippen LogP contribution in [0.15, 0.2) is 96.0 Å². The number of nitrogens with zero attached hydrogens (tertiary/aromatic N) is 3. The Morgan fingerprint density at radius 3 is 2.31 bits per heavy atom. The molecule has 45 heavy (non-hydrogen) atoms. The largest absolute Gasteiger partial charge is 0.439 e. The number of rotatable bonds is 9. The third-order valence-electron chi connectivity index (χ3n) is 7.34. The van der Waals surface area contributed by atoms with Gasteiger partial charge in [0.15, 0.2) is 9.84 Å². The highest BCUT2D eigenvalue weighted by Gasteiger charge is 2.29. The minimum Gasteiger partial charge on any atom is -0.439 e. The molecule has 0 unspecified atom stereocenters. The molecule has 2 heterocycles. The normalized spacial score (nSPS) is 13.8. The molecule has 0 spiro atoms. The van der Waals surface area contributed by atoms with Crippen molar-refractivity contribution >= 4 is 45.6 Å². The third kappa shape index (κ3) is 8.56. The molecule has 5 rings (SSSR count). The number of nitrogens with two attached hydrogens (primary N) is 1. The summed E-state index contributed by atoms with van der Waals surface area (Å²) in [7, 11) is -3.28. The summed E-state index contributed by atoms with van der Waals surface area (Å²) in [6.45, 7) is 2.16. The topological polar surface area (TPSA) is 135 Å².